The molecule has 1 atom stereocenters. The molecular weight excluding hydrogens is 200 g/mol. The topological polar surface area (TPSA) is 114 Å². The van der Waals surface area contributed by atoms with E-state index in [1.807, 2.05) is 0 Å². The fourth-order valence-corrected chi connectivity index (χ4v) is 1.04. The molecule has 1 aliphatic carbocycles. The van der Waals surface area contributed by atoms with Gasteiger partial charge in [-0.25, -0.2) is 0 Å². The monoisotopic (exact) mass is 212 g/mol. The molecule has 1 aromatic heterocycles. The molecule has 15 heavy (non-hydrogen) atoms. The van der Waals surface area contributed by atoms with E-state index in [0.717, 1.165) is 12.8 Å². The minimum absolute atomic E-state index is 0.0219. The number of hydrogen-bond acceptors (Lipinski definition) is 6. The minimum atomic E-state index is -1.01. The van der Waals surface area contributed by atoms with Gasteiger partial charge in [-0.05, 0) is 12.8 Å². The highest BCUT2D eigenvalue weighted by Gasteiger charge is 2.26. The highest BCUT2D eigenvalue weighted by molar-refractivity contribution is 5.90. The van der Waals surface area contributed by atoms with Crippen LogP contribution in [0.25, 0.3) is 0 Å². The van der Waals surface area contributed by atoms with E-state index in [9.17, 15) is 9.90 Å². The van der Waals surface area contributed by atoms with Gasteiger partial charge < -0.3 is 20.7 Å². The first-order chi connectivity index (χ1) is 7.20. The van der Waals surface area contributed by atoms with E-state index in [4.69, 9.17) is 5.73 Å². The Labute approximate surface area is 85.6 Å². The standard InChI is InChI=1S/C8H12N4O3/c9-3-5(13)8-11-6(12-15-8)7(14)10-4-1-2-4/h4-5,13H,1-3,9H2,(H,10,14). The number of nitrogens with one attached hydrogen (secondary N) is 1. The molecule has 1 fully saturated rings. The summed E-state index contributed by atoms with van der Waals surface area (Å²) in [7, 11) is 0. The molecule has 1 aromatic rings. The van der Waals surface area contributed by atoms with E-state index >= 15 is 0 Å². The predicted molar refractivity (Wildman–Crippen MR) is 48.8 cm³/mol. The maximum atomic E-state index is 11.4. The van der Waals surface area contributed by atoms with Crippen LogP contribution in [0.15, 0.2) is 4.52 Å². The molecule has 2 rings (SSSR count). The average molecular weight is 212 g/mol. The van der Waals surface area contributed by atoms with Gasteiger partial charge in [-0.1, -0.05) is 5.16 Å². The highest BCUT2D eigenvalue weighted by Crippen LogP contribution is 2.19. The van der Waals surface area contributed by atoms with Gasteiger partial charge in [0.15, 0.2) is 0 Å². The summed E-state index contributed by atoms with van der Waals surface area (Å²) in [6, 6.07) is 0.235. The number of nitrogens with zero attached hydrogens (tertiary/aromatic N) is 2. The number of carbonyl (C=O) groups is 1. The third-order valence-corrected chi connectivity index (χ3v) is 2.07. The van der Waals surface area contributed by atoms with Crippen molar-refractivity contribution in [2.45, 2.75) is 25.0 Å². The summed E-state index contributed by atoms with van der Waals surface area (Å²) in [5.74, 6) is -0.473. The molecular formula is C8H12N4O3. The summed E-state index contributed by atoms with van der Waals surface area (Å²) in [4.78, 5) is 15.2. The van der Waals surface area contributed by atoms with E-state index < -0.39 is 6.10 Å². The number of aliphatic hydroxyl groups is 1. The maximum absolute atomic E-state index is 11.4. The van der Waals surface area contributed by atoms with Crippen LogP contribution >= 0.6 is 0 Å². The van der Waals surface area contributed by atoms with Crippen LogP contribution in [0.2, 0.25) is 0 Å². The van der Waals surface area contributed by atoms with Crippen molar-refractivity contribution in [3.63, 3.8) is 0 Å². The van der Waals surface area contributed by atoms with Gasteiger partial charge in [-0.15, -0.1) is 0 Å². The molecule has 1 unspecified atom stereocenters. The zero-order chi connectivity index (χ0) is 10.8. The smallest absolute Gasteiger partial charge is 0.292 e. The molecule has 0 spiro atoms. The first-order valence-corrected chi connectivity index (χ1v) is 4.73. The predicted octanol–water partition coefficient (Wildman–Crippen LogP) is -1.05. The third-order valence-electron chi connectivity index (χ3n) is 2.07. The second kappa shape index (κ2) is 3.95. The molecule has 0 bridgehead atoms. The molecule has 0 radical (unpaired) electrons. The third kappa shape index (κ3) is 2.31. The molecule has 1 aliphatic rings. The van der Waals surface area contributed by atoms with E-state index in [1.54, 1.807) is 0 Å². The van der Waals surface area contributed by atoms with Crippen molar-refractivity contribution in [2.24, 2.45) is 5.73 Å². The molecule has 1 heterocycles. The number of carbonyl (C=O) groups excluding carboxylic acids is 1. The van der Waals surface area contributed by atoms with Crippen molar-refractivity contribution in [2.75, 3.05) is 6.54 Å². The van der Waals surface area contributed by atoms with E-state index in [2.05, 4.69) is 20.0 Å². The summed E-state index contributed by atoms with van der Waals surface area (Å²) in [6.07, 6.45) is 0.962. The van der Waals surface area contributed by atoms with Gasteiger partial charge in [0, 0.05) is 12.6 Å². The molecule has 7 heteroatoms. The first kappa shape index (κ1) is 10.1. The normalized spacial score (nSPS) is 17.5. The van der Waals surface area contributed by atoms with Crippen LogP contribution in [0, 0.1) is 0 Å². The van der Waals surface area contributed by atoms with Crippen LogP contribution < -0.4 is 11.1 Å². The Balaban J connectivity index is 2.01. The zero-order valence-electron chi connectivity index (χ0n) is 8.01. The Morgan fingerprint density at radius 2 is 2.47 bits per heavy atom. The molecule has 4 N–H and O–H groups in total. The quantitative estimate of drug-likeness (QED) is 0.587. The van der Waals surface area contributed by atoms with Crippen molar-refractivity contribution in [3.8, 4) is 0 Å². The lowest BCUT2D eigenvalue weighted by Gasteiger charge is -1.98. The van der Waals surface area contributed by atoms with Gasteiger partial charge in [0.25, 0.3) is 17.6 Å². The lowest BCUT2D eigenvalue weighted by atomic mass is 10.3. The molecule has 0 saturated heterocycles. The summed E-state index contributed by atoms with van der Waals surface area (Å²) >= 11 is 0. The van der Waals surface area contributed by atoms with E-state index in [1.165, 1.54) is 0 Å². The lowest BCUT2D eigenvalue weighted by molar-refractivity contribution is 0.0937. The highest BCUT2D eigenvalue weighted by atomic mass is 16.5. The van der Waals surface area contributed by atoms with Crippen molar-refractivity contribution in [1.82, 2.24) is 15.5 Å². The van der Waals surface area contributed by atoms with Gasteiger partial charge in [0.1, 0.15) is 6.10 Å². The van der Waals surface area contributed by atoms with Gasteiger partial charge in [0.05, 0.1) is 0 Å². The van der Waals surface area contributed by atoms with E-state index in [0.29, 0.717) is 0 Å². The van der Waals surface area contributed by atoms with Crippen molar-refractivity contribution < 1.29 is 14.4 Å². The Morgan fingerprint density at radius 3 is 3.07 bits per heavy atom. The number of hydrogen-bond donors (Lipinski definition) is 3. The average Bonchev–Trinajstić information content (AvgIpc) is 2.91. The summed E-state index contributed by atoms with van der Waals surface area (Å²) in [5, 5.41) is 15.4. The number of amides is 1. The zero-order valence-corrected chi connectivity index (χ0v) is 8.01. The van der Waals surface area contributed by atoms with Gasteiger partial charge >= 0.3 is 0 Å². The second-order valence-corrected chi connectivity index (χ2v) is 3.46. The van der Waals surface area contributed by atoms with Gasteiger partial charge in [-0.3, -0.25) is 4.79 Å². The Kier molecular flexibility index (Phi) is 2.65. The first-order valence-electron chi connectivity index (χ1n) is 4.73. The molecule has 82 valence electrons. The number of aliphatic hydroxyl groups excluding tert-OH is 1. The van der Waals surface area contributed by atoms with Crippen molar-refractivity contribution >= 4 is 5.91 Å². The van der Waals surface area contributed by atoms with E-state index in [-0.39, 0.29) is 30.2 Å². The summed E-state index contributed by atoms with van der Waals surface area (Å²) < 4.78 is 4.69. The lowest BCUT2D eigenvalue weighted by Crippen LogP contribution is -2.26. The fraction of sp³-hybridized carbons (Fsp3) is 0.625. The summed E-state index contributed by atoms with van der Waals surface area (Å²) in [5.41, 5.74) is 5.20. The maximum Gasteiger partial charge on any atom is 0.292 e. The van der Waals surface area contributed by atoms with Crippen molar-refractivity contribution in [3.05, 3.63) is 11.7 Å². The molecule has 1 saturated carbocycles. The number of rotatable bonds is 4. The molecule has 7 nitrogen and oxygen atoms in total. The Morgan fingerprint density at radius 1 is 1.73 bits per heavy atom. The fourth-order valence-electron chi connectivity index (χ4n) is 1.04. The van der Waals surface area contributed by atoms with Crippen LogP contribution in [0.5, 0.6) is 0 Å². The minimum Gasteiger partial charge on any atom is -0.382 e. The van der Waals surface area contributed by atoms with Crippen LogP contribution in [-0.2, 0) is 0 Å². The molecule has 1 amide bonds. The molecule has 0 aliphatic heterocycles. The number of nitrogens with two attached hydrogens (primary N) is 1. The number of aromatic nitrogens is 2. The van der Waals surface area contributed by atoms with Crippen LogP contribution in [0.3, 0.4) is 0 Å². The summed E-state index contributed by atoms with van der Waals surface area (Å²) in [6.45, 7) is -0.0219. The van der Waals surface area contributed by atoms with Crippen molar-refractivity contribution in [1.29, 1.82) is 0 Å². The van der Waals surface area contributed by atoms with Crippen LogP contribution in [-0.4, -0.2) is 33.7 Å². The Bertz CT molecular complexity index is 361. The Hall–Kier alpha value is -1.47. The second-order valence-electron chi connectivity index (χ2n) is 3.46. The largest absolute Gasteiger partial charge is 0.382 e. The SMILES string of the molecule is NCC(O)c1nc(C(=O)NC2CC2)no1. The molecule has 0 aromatic carbocycles. The van der Waals surface area contributed by atoms with Crippen LogP contribution in [0.4, 0.5) is 0 Å². The van der Waals surface area contributed by atoms with Gasteiger partial charge in [-0.2, -0.15) is 4.98 Å². The van der Waals surface area contributed by atoms with Gasteiger partial charge in [0.2, 0.25) is 0 Å². The van der Waals surface area contributed by atoms with Crippen LogP contribution in [0.1, 0.15) is 35.5 Å².